The van der Waals surface area contributed by atoms with E-state index in [0.29, 0.717) is 6.42 Å². The van der Waals surface area contributed by atoms with Crippen LogP contribution in [0.5, 0.6) is 0 Å². The number of hydrogen-bond acceptors (Lipinski definition) is 2. The molecule has 0 spiro atoms. The average molecular weight is 170 g/mol. The van der Waals surface area contributed by atoms with Crippen LogP contribution in [-0.2, 0) is 0 Å². The molecule has 0 amide bonds. The van der Waals surface area contributed by atoms with Crippen molar-refractivity contribution in [1.29, 1.82) is 0 Å². The first kappa shape index (κ1) is 11.5. The lowest BCUT2D eigenvalue weighted by Gasteiger charge is -2.08. The van der Waals surface area contributed by atoms with Gasteiger partial charge in [0.2, 0.25) is 0 Å². The fraction of sp³-hybridized carbons (Fsp3) is 0.800. The van der Waals surface area contributed by atoms with Crippen LogP contribution in [-0.4, -0.2) is 22.4 Å². The normalized spacial score (nSPS) is 15.2. The van der Waals surface area contributed by atoms with Gasteiger partial charge in [-0.3, -0.25) is 0 Å². The Morgan fingerprint density at radius 3 is 2.42 bits per heavy atom. The van der Waals surface area contributed by atoms with Gasteiger partial charge in [0.1, 0.15) is 6.10 Å². The minimum Gasteiger partial charge on any atom is -0.393 e. The summed E-state index contributed by atoms with van der Waals surface area (Å²) in [6, 6.07) is 0. The van der Waals surface area contributed by atoms with Crippen molar-refractivity contribution in [1.82, 2.24) is 0 Å². The summed E-state index contributed by atoms with van der Waals surface area (Å²) in [5, 5.41) is 18.3. The summed E-state index contributed by atoms with van der Waals surface area (Å²) in [4.78, 5) is 0. The Balaban J connectivity index is 3.25. The molecule has 2 nitrogen and oxygen atoms in total. The van der Waals surface area contributed by atoms with Crippen LogP contribution in [0.3, 0.4) is 0 Å². The summed E-state index contributed by atoms with van der Waals surface area (Å²) in [5.74, 6) is 2.24. The van der Waals surface area contributed by atoms with E-state index in [4.69, 9.17) is 11.5 Å². The molecular formula is C10H18O2. The summed E-state index contributed by atoms with van der Waals surface area (Å²) >= 11 is 0. The van der Waals surface area contributed by atoms with Crippen LogP contribution in [0.4, 0.5) is 0 Å². The molecule has 0 aromatic heterocycles. The second-order valence-corrected chi connectivity index (χ2v) is 3.06. The van der Waals surface area contributed by atoms with E-state index in [2.05, 4.69) is 5.92 Å². The Labute approximate surface area is 74.6 Å². The SMILES string of the molecule is C#CC(O)CCCC(O)CCC. The molecule has 0 radical (unpaired) electrons. The topological polar surface area (TPSA) is 40.5 Å². The highest BCUT2D eigenvalue weighted by Gasteiger charge is 2.04. The Hall–Kier alpha value is -0.520. The fourth-order valence-electron chi connectivity index (χ4n) is 1.11. The lowest BCUT2D eigenvalue weighted by molar-refractivity contribution is 0.141. The van der Waals surface area contributed by atoms with Crippen LogP contribution in [0.15, 0.2) is 0 Å². The van der Waals surface area contributed by atoms with Gasteiger partial charge in [0.25, 0.3) is 0 Å². The van der Waals surface area contributed by atoms with Gasteiger partial charge in [-0.25, -0.2) is 0 Å². The van der Waals surface area contributed by atoms with E-state index in [1.54, 1.807) is 0 Å². The second-order valence-electron chi connectivity index (χ2n) is 3.06. The van der Waals surface area contributed by atoms with Gasteiger partial charge in [0.15, 0.2) is 0 Å². The van der Waals surface area contributed by atoms with Crippen LogP contribution in [0.25, 0.3) is 0 Å². The maximum atomic E-state index is 9.30. The van der Waals surface area contributed by atoms with Crippen molar-refractivity contribution in [2.45, 2.75) is 51.2 Å². The minimum atomic E-state index is -0.640. The molecule has 2 unspecified atom stereocenters. The molecular weight excluding hydrogens is 152 g/mol. The average Bonchev–Trinajstić information content (AvgIpc) is 2.04. The lowest BCUT2D eigenvalue weighted by Crippen LogP contribution is -2.08. The molecule has 2 heteroatoms. The van der Waals surface area contributed by atoms with Gasteiger partial charge < -0.3 is 10.2 Å². The van der Waals surface area contributed by atoms with Crippen molar-refractivity contribution in [3.63, 3.8) is 0 Å². The van der Waals surface area contributed by atoms with Gasteiger partial charge >= 0.3 is 0 Å². The zero-order chi connectivity index (χ0) is 9.40. The lowest BCUT2D eigenvalue weighted by atomic mass is 10.1. The van der Waals surface area contributed by atoms with Crippen LogP contribution in [0, 0.1) is 12.3 Å². The molecule has 0 aromatic carbocycles. The number of terminal acetylenes is 1. The van der Waals surface area contributed by atoms with Gasteiger partial charge in [0, 0.05) is 0 Å². The molecule has 0 saturated heterocycles. The zero-order valence-corrected chi connectivity index (χ0v) is 7.66. The van der Waals surface area contributed by atoms with Gasteiger partial charge in [0.05, 0.1) is 6.10 Å². The van der Waals surface area contributed by atoms with Crippen LogP contribution in [0.1, 0.15) is 39.0 Å². The standard InChI is InChI=1S/C10H18O2/c1-3-6-10(12)8-5-7-9(11)4-2/h2,9-12H,3,5-8H2,1H3. The predicted molar refractivity (Wildman–Crippen MR) is 49.6 cm³/mol. The van der Waals surface area contributed by atoms with Crippen molar-refractivity contribution in [2.75, 3.05) is 0 Å². The van der Waals surface area contributed by atoms with Crippen molar-refractivity contribution in [3.05, 3.63) is 0 Å². The maximum Gasteiger partial charge on any atom is 0.114 e. The van der Waals surface area contributed by atoms with Crippen molar-refractivity contribution in [3.8, 4) is 12.3 Å². The second kappa shape index (κ2) is 7.15. The third-order valence-electron chi connectivity index (χ3n) is 1.83. The maximum absolute atomic E-state index is 9.30. The van der Waals surface area contributed by atoms with E-state index in [1.807, 2.05) is 6.92 Å². The molecule has 70 valence electrons. The van der Waals surface area contributed by atoms with E-state index in [9.17, 15) is 5.11 Å². The van der Waals surface area contributed by atoms with Crippen molar-refractivity contribution in [2.24, 2.45) is 0 Å². The molecule has 0 aliphatic heterocycles. The fourth-order valence-corrected chi connectivity index (χ4v) is 1.11. The summed E-state index contributed by atoms with van der Waals surface area (Å²) < 4.78 is 0. The van der Waals surface area contributed by atoms with Crippen molar-refractivity contribution >= 4 is 0 Å². The van der Waals surface area contributed by atoms with E-state index >= 15 is 0 Å². The third-order valence-corrected chi connectivity index (χ3v) is 1.83. The molecule has 12 heavy (non-hydrogen) atoms. The summed E-state index contributed by atoms with van der Waals surface area (Å²) in [7, 11) is 0. The zero-order valence-electron chi connectivity index (χ0n) is 7.66. The molecule has 0 saturated carbocycles. The molecule has 0 fully saturated rings. The smallest absolute Gasteiger partial charge is 0.114 e. The van der Waals surface area contributed by atoms with Crippen molar-refractivity contribution < 1.29 is 10.2 Å². The van der Waals surface area contributed by atoms with E-state index in [0.717, 1.165) is 25.7 Å². The van der Waals surface area contributed by atoms with Crippen LogP contribution in [0.2, 0.25) is 0 Å². The molecule has 2 atom stereocenters. The van der Waals surface area contributed by atoms with Crippen LogP contribution < -0.4 is 0 Å². The van der Waals surface area contributed by atoms with Crippen LogP contribution >= 0.6 is 0 Å². The first-order chi connectivity index (χ1) is 5.70. The first-order valence-electron chi connectivity index (χ1n) is 4.53. The van der Waals surface area contributed by atoms with Gasteiger partial charge in [-0.1, -0.05) is 19.3 Å². The van der Waals surface area contributed by atoms with Gasteiger partial charge in [-0.2, -0.15) is 0 Å². The monoisotopic (exact) mass is 170 g/mol. The highest BCUT2D eigenvalue weighted by atomic mass is 16.3. The molecule has 0 aliphatic carbocycles. The van der Waals surface area contributed by atoms with E-state index < -0.39 is 6.10 Å². The molecule has 0 aromatic rings. The third kappa shape index (κ3) is 6.21. The predicted octanol–water partition coefficient (Wildman–Crippen LogP) is 1.31. The molecule has 0 bridgehead atoms. The number of rotatable bonds is 6. The minimum absolute atomic E-state index is 0.222. The molecule has 0 heterocycles. The number of hydrogen-bond donors (Lipinski definition) is 2. The largest absolute Gasteiger partial charge is 0.393 e. The van der Waals surface area contributed by atoms with E-state index in [-0.39, 0.29) is 6.10 Å². The number of aliphatic hydroxyl groups excluding tert-OH is 2. The van der Waals surface area contributed by atoms with Gasteiger partial charge in [-0.05, 0) is 25.7 Å². The molecule has 0 rings (SSSR count). The Bertz CT molecular complexity index is 137. The quantitative estimate of drug-likeness (QED) is 0.590. The van der Waals surface area contributed by atoms with E-state index in [1.165, 1.54) is 0 Å². The Kier molecular flexibility index (Phi) is 6.84. The first-order valence-corrected chi connectivity index (χ1v) is 4.53. The highest BCUT2D eigenvalue weighted by molar-refractivity contribution is 4.92. The van der Waals surface area contributed by atoms with Gasteiger partial charge in [-0.15, -0.1) is 6.42 Å². The Morgan fingerprint density at radius 1 is 1.25 bits per heavy atom. The highest BCUT2D eigenvalue weighted by Crippen LogP contribution is 2.07. The molecule has 2 N–H and O–H groups in total. The molecule has 0 aliphatic rings. The summed E-state index contributed by atoms with van der Waals surface area (Å²) in [6.45, 7) is 2.04. The summed E-state index contributed by atoms with van der Waals surface area (Å²) in [6.07, 6.45) is 8.10. The number of aliphatic hydroxyl groups is 2. The Morgan fingerprint density at radius 2 is 1.92 bits per heavy atom. The summed E-state index contributed by atoms with van der Waals surface area (Å²) in [5.41, 5.74) is 0.